The molecule has 8 heteroatoms. The van der Waals surface area contributed by atoms with Crippen molar-refractivity contribution < 1.29 is 18.7 Å². The van der Waals surface area contributed by atoms with E-state index in [1.807, 2.05) is 12.1 Å². The molecule has 0 aliphatic heterocycles. The maximum atomic E-state index is 11.8. The highest BCUT2D eigenvalue weighted by Crippen LogP contribution is 2.27. The number of carbonyl (C=O) groups excluding carboxylic acids is 1. The SMILES string of the molecule is COc1ccc(CNC(=O)CSc2nnc(C)o2)cc1OC. The number of nitrogens with one attached hydrogen (secondary N) is 1. The van der Waals surface area contributed by atoms with E-state index in [1.165, 1.54) is 11.8 Å². The largest absolute Gasteiger partial charge is 0.493 e. The Balaban J connectivity index is 1.83. The second kappa shape index (κ2) is 7.69. The van der Waals surface area contributed by atoms with Crippen molar-refractivity contribution >= 4 is 17.7 Å². The number of thioether (sulfide) groups is 1. The highest BCUT2D eigenvalue weighted by Gasteiger charge is 2.09. The lowest BCUT2D eigenvalue weighted by atomic mass is 10.2. The summed E-state index contributed by atoms with van der Waals surface area (Å²) >= 11 is 1.20. The van der Waals surface area contributed by atoms with Crippen molar-refractivity contribution in [1.29, 1.82) is 0 Å². The lowest BCUT2D eigenvalue weighted by Gasteiger charge is -2.10. The zero-order valence-electron chi connectivity index (χ0n) is 12.6. The number of benzene rings is 1. The summed E-state index contributed by atoms with van der Waals surface area (Å²) in [6.45, 7) is 2.11. The minimum atomic E-state index is -0.115. The van der Waals surface area contributed by atoms with Gasteiger partial charge in [0.1, 0.15) is 0 Å². The molecule has 0 aliphatic rings. The van der Waals surface area contributed by atoms with Gasteiger partial charge in [-0.15, -0.1) is 10.2 Å². The first kappa shape index (κ1) is 16.2. The van der Waals surface area contributed by atoms with Crippen LogP contribution in [0.3, 0.4) is 0 Å². The maximum absolute atomic E-state index is 11.8. The van der Waals surface area contributed by atoms with Gasteiger partial charge in [0, 0.05) is 13.5 Å². The summed E-state index contributed by atoms with van der Waals surface area (Å²) in [5, 5.41) is 10.7. The van der Waals surface area contributed by atoms with E-state index in [-0.39, 0.29) is 11.7 Å². The van der Waals surface area contributed by atoms with Crippen LogP contribution >= 0.6 is 11.8 Å². The first-order valence-corrected chi connectivity index (χ1v) is 7.51. The third-order valence-electron chi connectivity index (χ3n) is 2.77. The van der Waals surface area contributed by atoms with Gasteiger partial charge in [0.15, 0.2) is 11.5 Å². The second-order valence-electron chi connectivity index (χ2n) is 4.34. The van der Waals surface area contributed by atoms with E-state index in [2.05, 4.69) is 15.5 Å². The van der Waals surface area contributed by atoms with E-state index in [1.54, 1.807) is 27.2 Å². The monoisotopic (exact) mass is 323 g/mol. The van der Waals surface area contributed by atoms with E-state index >= 15 is 0 Å². The van der Waals surface area contributed by atoms with Gasteiger partial charge in [0.25, 0.3) is 5.22 Å². The molecular weight excluding hydrogens is 306 g/mol. The highest BCUT2D eigenvalue weighted by atomic mass is 32.2. The molecule has 22 heavy (non-hydrogen) atoms. The fourth-order valence-electron chi connectivity index (χ4n) is 1.71. The molecule has 0 fully saturated rings. The van der Waals surface area contributed by atoms with Gasteiger partial charge in [-0.2, -0.15) is 0 Å². The van der Waals surface area contributed by atoms with Crippen LogP contribution in [0.2, 0.25) is 0 Å². The van der Waals surface area contributed by atoms with Crippen LogP contribution in [0, 0.1) is 6.92 Å². The van der Waals surface area contributed by atoms with Crippen molar-refractivity contribution in [1.82, 2.24) is 15.5 Å². The third-order valence-corrected chi connectivity index (χ3v) is 3.59. The summed E-state index contributed by atoms with van der Waals surface area (Å²) in [5.41, 5.74) is 0.921. The van der Waals surface area contributed by atoms with Crippen molar-refractivity contribution in [3.05, 3.63) is 29.7 Å². The Morgan fingerprint density at radius 2 is 2.05 bits per heavy atom. The smallest absolute Gasteiger partial charge is 0.277 e. The number of rotatable bonds is 7. The molecule has 118 valence electrons. The van der Waals surface area contributed by atoms with Crippen LogP contribution < -0.4 is 14.8 Å². The molecule has 0 radical (unpaired) electrons. The molecule has 0 bridgehead atoms. The Morgan fingerprint density at radius 3 is 2.68 bits per heavy atom. The van der Waals surface area contributed by atoms with Gasteiger partial charge >= 0.3 is 0 Å². The molecule has 0 unspecified atom stereocenters. The summed E-state index contributed by atoms with van der Waals surface area (Å²) < 4.78 is 15.6. The molecule has 1 aromatic carbocycles. The van der Waals surface area contributed by atoms with Crippen molar-refractivity contribution in [2.24, 2.45) is 0 Å². The number of nitrogens with zero attached hydrogens (tertiary/aromatic N) is 2. The molecule has 2 aromatic rings. The quantitative estimate of drug-likeness (QED) is 0.777. The number of ether oxygens (including phenoxy) is 2. The van der Waals surface area contributed by atoms with Gasteiger partial charge in [0.2, 0.25) is 11.8 Å². The molecule has 1 heterocycles. The molecule has 1 aromatic heterocycles. The Labute approximate surface area is 132 Å². The van der Waals surface area contributed by atoms with E-state index in [0.29, 0.717) is 29.2 Å². The normalized spacial score (nSPS) is 10.3. The Morgan fingerprint density at radius 1 is 1.27 bits per heavy atom. The molecule has 1 N–H and O–H groups in total. The molecule has 0 spiro atoms. The van der Waals surface area contributed by atoms with Gasteiger partial charge < -0.3 is 19.2 Å². The Hall–Kier alpha value is -2.22. The van der Waals surface area contributed by atoms with Gasteiger partial charge in [-0.3, -0.25) is 4.79 Å². The molecule has 7 nitrogen and oxygen atoms in total. The molecule has 0 aliphatic carbocycles. The Kier molecular flexibility index (Phi) is 5.65. The number of carbonyl (C=O) groups is 1. The van der Waals surface area contributed by atoms with Gasteiger partial charge in [-0.1, -0.05) is 17.8 Å². The van der Waals surface area contributed by atoms with E-state index in [0.717, 1.165) is 5.56 Å². The van der Waals surface area contributed by atoms with Crippen molar-refractivity contribution in [2.75, 3.05) is 20.0 Å². The number of amides is 1. The average Bonchev–Trinajstić information content (AvgIpc) is 2.96. The van der Waals surface area contributed by atoms with Gasteiger partial charge in [-0.05, 0) is 17.7 Å². The van der Waals surface area contributed by atoms with Crippen LogP contribution in [0.5, 0.6) is 11.5 Å². The minimum Gasteiger partial charge on any atom is -0.493 e. The summed E-state index contributed by atoms with van der Waals surface area (Å²) in [4.78, 5) is 11.8. The van der Waals surface area contributed by atoms with Gasteiger partial charge in [0.05, 0.1) is 20.0 Å². The van der Waals surface area contributed by atoms with Crippen LogP contribution in [0.1, 0.15) is 11.5 Å². The molecule has 0 atom stereocenters. The second-order valence-corrected chi connectivity index (χ2v) is 5.27. The fourth-order valence-corrected chi connectivity index (χ4v) is 2.34. The van der Waals surface area contributed by atoms with Gasteiger partial charge in [-0.25, -0.2) is 0 Å². The van der Waals surface area contributed by atoms with Crippen LogP contribution in [-0.4, -0.2) is 36.1 Å². The van der Waals surface area contributed by atoms with Crippen molar-refractivity contribution in [2.45, 2.75) is 18.7 Å². The van der Waals surface area contributed by atoms with Crippen molar-refractivity contribution in [3.63, 3.8) is 0 Å². The Bertz CT molecular complexity index is 645. The van der Waals surface area contributed by atoms with Crippen LogP contribution in [-0.2, 0) is 11.3 Å². The minimum absolute atomic E-state index is 0.115. The summed E-state index contributed by atoms with van der Waals surface area (Å²) in [7, 11) is 3.15. The maximum Gasteiger partial charge on any atom is 0.277 e. The van der Waals surface area contributed by atoms with Crippen LogP contribution in [0.4, 0.5) is 0 Å². The summed E-state index contributed by atoms with van der Waals surface area (Å²) in [6, 6.07) is 5.50. The predicted molar refractivity (Wildman–Crippen MR) is 81.2 cm³/mol. The summed E-state index contributed by atoms with van der Waals surface area (Å²) in [5.74, 6) is 1.86. The topological polar surface area (TPSA) is 86.5 Å². The lowest BCUT2D eigenvalue weighted by molar-refractivity contribution is -0.118. The number of methoxy groups -OCH3 is 2. The van der Waals surface area contributed by atoms with E-state index < -0.39 is 0 Å². The number of aromatic nitrogens is 2. The van der Waals surface area contributed by atoms with Crippen molar-refractivity contribution in [3.8, 4) is 11.5 Å². The first-order valence-electron chi connectivity index (χ1n) is 6.53. The zero-order chi connectivity index (χ0) is 15.9. The fraction of sp³-hybridized carbons (Fsp3) is 0.357. The molecule has 1 amide bonds. The van der Waals surface area contributed by atoms with E-state index in [4.69, 9.17) is 13.9 Å². The molecule has 2 rings (SSSR count). The first-order chi connectivity index (χ1) is 10.6. The standard InChI is InChI=1S/C14H17N3O4S/c1-9-16-17-14(21-9)22-8-13(18)15-7-10-4-5-11(19-2)12(6-10)20-3/h4-6H,7-8H2,1-3H3,(H,15,18). The average molecular weight is 323 g/mol. The zero-order valence-corrected chi connectivity index (χ0v) is 13.4. The molecule has 0 saturated carbocycles. The third kappa shape index (κ3) is 4.39. The predicted octanol–water partition coefficient (Wildman–Crippen LogP) is 1.80. The summed E-state index contributed by atoms with van der Waals surface area (Å²) in [6.07, 6.45) is 0. The number of aryl methyl sites for hydroxylation is 1. The molecular formula is C14H17N3O4S. The number of hydrogen-bond donors (Lipinski definition) is 1. The highest BCUT2D eigenvalue weighted by molar-refractivity contribution is 7.99. The number of hydrogen-bond acceptors (Lipinski definition) is 7. The molecule has 0 saturated heterocycles. The van der Waals surface area contributed by atoms with Crippen LogP contribution in [0.15, 0.2) is 27.8 Å². The van der Waals surface area contributed by atoms with E-state index in [9.17, 15) is 4.79 Å². The van der Waals surface area contributed by atoms with Crippen LogP contribution in [0.25, 0.3) is 0 Å². The lowest BCUT2D eigenvalue weighted by Crippen LogP contribution is -2.24.